The summed E-state index contributed by atoms with van der Waals surface area (Å²) in [4.78, 5) is 12.0. The van der Waals surface area contributed by atoms with E-state index < -0.39 is 29.5 Å². The Kier molecular flexibility index (Phi) is 4.81. The molecule has 0 aromatic heterocycles. The van der Waals surface area contributed by atoms with Crippen molar-refractivity contribution >= 4 is 5.97 Å². The first kappa shape index (κ1) is 16.5. The minimum atomic E-state index is -4.66. The number of para-hydroxylation sites is 1. The van der Waals surface area contributed by atoms with Crippen LogP contribution in [0.4, 0.5) is 13.2 Å². The molecular formula is C14H18F3NO2. The van der Waals surface area contributed by atoms with Crippen molar-refractivity contribution < 1.29 is 22.7 Å². The van der Waals surface area contributed by atoms with Gasteiger partial charge in [-0.15, -0.1) is 0 Å². The lowest BCUT2D eigenvalue weighted by Gasteiger charge is -2.34. The second kappa shape index (κ2) is 5.83. The van der Waals surface area contributed by atoms with Crippen LogP contribution in [0.2, 0.25) is 0 Å². The molecule has 0 aliphatic carbocycles. The summed E-state index contributed by atoms with van der Waals surface area (Å²) >= 11 is 0. The van der Waals surface area contributed by atoms with E-state index in [4.69, 9.17) is 10.5 Å². The number of carbonyl (C=O) groups excluding carboxylic acids is 1. The molecule has 112 valence electrons. The van der Waals surface area contributed by atoms with Crippen molar-refractivity contribution in [2.24, 2.45) is 17.1 Å². The number of hydrogen-bond donors (Lipinski definition) is 1. The Balaban J connectivity index is 2.98. The van der Waals surface area contributed by atoms with Crippen LogP contribution in [0, 0.1) is 11.3 Å². The predicted octanol–water partition coefficient (Wildman–Crippen LogP) is 3.14. The van der Waals surface area contributed by atoms with Gasteiger partial charge in [-0.3, -0.25) is 4.79 Å². The van der Waals surface area contributed by atoms with Crippen LogP contribution >= 0.6 is 0 Å². The van der Waals surface area contributed by atoms with E-state index in [2.05, 4.69) is 0 Å². The molecule has 0 spiro atoms. The van der Waals surface area contributed by atoms with Gasteiger partial charge >= 0.3 is 12.1 Å². The molecule has 2 N–H and O–H groups in total. The molecule has 0 amide bonds. The number of rotatable bonds is 3. The molecule has 1 aromatic rings. The summed E-state index contributed by atoms with van der Waals surface area (Å²) in [6.45, 7) is 4.57. The van der Waals surface area contributed by atoms with Crippen LogP contribution < -0.4 is 10.5 Å². The number of benzene rings is 1. The number of alkyl halides is 3. The van der Waals surface area contributed by atoms with Crippen LogP contribution in [0.15, 0.2) is 30.3 Å². The number of nitrogens with two attached hydrogens (primary N) is 1. The van der Waals surface area contributed by atoms with Gasteiger partial charge in [0.1, 0.15) is 11.8 Å². The van der Waals surface area contributed by atoms with Crippen molar-refractivity contribution in [2.75, 3.05) is 0 Å². The largest absolute Gasteiger partial charge is 0.426 e. The lowest BCUT2D eigenvalue weighted by molar-refractivity contribution is -0.180. The maximum absolute atomic E-state index is 12.8. The lowest BCUT2D eigenvalue weighted by atomic mass is 9.76. The van der Waals surface area contributed by atoms with E-state index in [1.165, 1.54) is 32.9 Å². The van der Waals surface area contributed by atoms with E-state index in [0.717, 1.165) is 0 Å². The molecule has 0 saturated carbocycles. The third-order valence-electron chi connectivity index (χ3n) is 2.89. The van der Waals surface area contributed by atoms with Gasteiger partial charge in [0.2, 0.25) is 0 Å². The van der Waals surface area contributed by atoms with Gasteiger partial charge in [0.15, 0.2) is 0 Å². The monoisotopic (exact) mass is 289 g/mol. The zero-order chi connectivity index (χ0) is 15.6. The molecule has 2 atom stereocenters. The van der Waals surface area contributed by atoms with Gasteiger partial charge in [-0.1, -0.05) is 39.0 Å². The molecule has 0 saturated heterocycles. The molecule has 3 nitrogen and oxygen atoms in total. The minimum Gasteiger partial charge on any atom is -0.426 e. The molecule has 0 unspecified atom stereocenters. The fourth-order valence-corrected chi connectivity index (χ4v) is 1.90. The van der Waals surface area contributed by atoms with Crippen molar-refractivity contribution in [3.63, 3.8) is 0 Å². The molecule has 0 heterocycles. The number of esters is 1. The Bertz CT molecular complexity index is 452. The van der Waals surface area contributed by atoms with Crippen LogP contribution in [0.1, 0.15) is 20.8 Å². The summed E-state index contributed by atoms with van der Waals surface area (Å²) in [5, 5.41) is 0. The van der Waals surface area contributed by atoms with Crippen molar-refractivity contribution in [1.29, 1.82) is 0 Å². The zero-order valence-corrected chi connectivity index (χ0v) is 11.6. The molecule has 0 bridgehead atoms. The molecule has 0 aliphatic rings. The van der Waals surface area contributed by atoms with Crippen LogP contribution in [-0.2, 0) is 4.79 Å². The highest BCUT2D eigenvalue weighted by Crippen LogP contribution is 2.36. The van der Waals surface area contributed by atoms with Crippen molar-refractivity contribution in [2.45, 2.75) is 33.0 Å². The lowest BCUT2D eigenvalue weighted by Crippen LogP contribution is -2.52. The molecule has 1 aromatic carbocycles. The number of hydrogen-bond acceptors (Lipinski definition) is 3. The van der Waals surface area contributed by atoms with Gasteiger partial charge in [-0.25, -0.2) is 0 Å². The van der Waals surface area contributed by atoms with Crippen molar-refractivity contribution in [3.8, 4) is 5.75 Å². The van der Waals surface area contributed by atoms with Gasteiger partial charge in [-0.05, 0) is 17.5 Å². The third kappa shape index (κ3) is 4.23. The number of ether oxygens (including phenoxy) is 1. The molecule has 1 rings (SSSR count). The maximum Gasteiger partial charge on any atom is 0.404 e. The molecule has 6 heteroatoms. The van der Waals surface area contributed by atoms with Crippen LogP contribution in [0.3, 0.4) is 0 Å². The van der Waals surface area contributed by atoms with Gasteiger partial charge in [-0.2, -0.15) is 13.2 Å². The molecule has 20 heavy (non-hydrogen) atoms. The summed E-state index contributed by atoms with van der Waals surface area (Å²) < 4.78 is 43.4. The highest BCUT2D eigenvalue weighted by atomic mass is 19.4. The predicted molar refractivity (Wildman–Crippen MR) is 69.1 cm³/mol. The van der Waals surface area contributed by atoms with Gasteiger partial charge in [0.25, 0.3) is 0 Å². The smallest absolute Gasteiger partial charge is 0.404 e. The molecule has 0 radical (unpaired) electrons. The Morgan fingerprint density at radius 2 is 1.65 bits per heavy atom. The first-order valence-electron chi connectivity index (χ1n) is 6.12. The van der Waals surface area contributed by atoms with Crippen LogP contribution in [0.5, 0.6) is 5.75 Å². The summed E-state index contributed by atoms with van der Waals surface area (Å²) in [5.41, 5.74) is 4.24. The topological polar surface area (TPSA) is 52.3 Å². The van der Waals surface area contributed by atoms with Gasteiger partial charge in [0, 0.05) is 0 Å². The first-order valence-corrected chi connectivity index (χ1v) is 6.12. The molecular weight excluding hydrogens is 271 g/mol. The Morgan fingerprint density at radius 3 is 2.05 bits per heavy atom. The quantitative estimate of drug-likeness (QED) is 0.687. The second-order valence-electron chi connectivity index (χ2n) is 5.65. The van der Waals surface area contributed by atoms with Crippen molar-refractivity contribution in [3.05, 3.63) is 30.3 Å². The highest BCUT2D eigenvalue weighted by molar-refractivity contribution is 5.76. The van der Waals surface area contributed by atoms with Crippen LogP contribution in [-0.4, -0.2) is 18.2 Å². The Labute approximate surface area is 115 Å². The van der Waals surface area contributed by atoms with E-state index in [1.807, 2.05) is 0 Å². The van der Waals surface area contributed by atoms with Gasteiger partial charge in [0.05, 0.1) is 5.92 Å². The highest BCUT2D eigenvalue weighted by Gasteiger charge is 2.50. The average Bonchev–Trinajstić information content (AvgIpc) is 2.27. The SMILES string of the molecule is CC(C)(C)[C@H](C(=O)Oc1ccccc1)[C@H](N)C(F)(F)F. The normalized spacial score (nSPS) is 15.6. The molecule has 0 fully saturated rings. The number of halogens is 3. The second-order valence-corrected chi connectivity index (χ2v) is 5.65. The van der Waals surface area contributed by atoms with E-state index in [0.29, 0.717) is 0 Å². The van der Waals surface area contributed by atoms with E-state index in [1.54, 1.807) is 18.2 Å². The molecule has 0 aliphatic heterocycles. The van der Waals surface area contributed by atoms with Crippen LogP contribution in [0.25, 0.3) is 0 Å². The standard InChI is InChI=1S/C14H18F3NO2/c1-13(2,3)10(11(18)14(15,16)17)12(19)20-9-7-5-4-6-8-9/h4-8,10-11H,18H2,1-3H3/t10-,11-/m0/s1. The zero-order valence-electron chi connectivity index (χ0n) is 11.6. The fourth-order valence-electron chi connectivity index (χ4n) is 1.90. The third-order valence-corrected chi connectivity index (χ3v) is 2.89. The Morgan fingerprint density at radius 1 is 1.15 bits per heavy atom. The van der Waals surface area contributed by atoms with Crippen molar-refractivity contribution in [1.82, 2.24) is 0 Å². The summed E-state index contributed by atoms with van der Waals surface area (Å²) in [6, 6.07) is 5.68. The fraction of sp³-hybridized carbons (Fsp3) is 0.500. The number of carbonyl (C=O) groups is 1. The van der Waals surface area contributed by atoms with Gasteiger partial charge < -0.3 is 10.5 Å². The van der Waals surface area contributed by atoms with E-state index in [9.17, 15) is 18.0 Å². The first-order chi connectivity index (χ1) is 9.03. The summed E-state index contributed by atoms with van der Waals surface area (Å²) in [6.07, 6.45) is -4.66. The summed E-state index contributed by atoms with van der Waals surface area (Å²) in [5.74, 6) is -2.27. The van der Waals surface area contributed by atoms with E-state index in [-0.39, 0.29) is 5.75 Å². The maximum atomic E-state index is 12.8. The summed E-state index contributed by atoms with van der Waals surface area (Å²) in [7, 11) is 0. The Hall–Kier alpha value is -1.56. The van der Waals surface area contributed by atoms with E-state index >= 15 is 0 Å². The minimum absolute atomic E-state index is 0.195. The average molecular weight is 289 g/mol.